The average molecular weight is 484 g/mol. The molecule has 186 valence electrons. The largest absolute Gasteiger partial charge is 0.497 e. The van der Waals surface area contributed by atoms with Gasteiger partial charge in [-0.25, -0.2) is 9.78 Å². The van der Waals surface area contributed by atoms with E-state index in [2.05, 4.69) is 39.9 Å². The smallest absolute Gasteiger partial charge is 0.321 e. The Morgan fingerprint density at radius 3 is 2.75 bits per heavy atom. The van der Waals surface area contributed by atoms with Crippen molar-refractivity contribution in [3.05, 3.63) is 78.2 Å². The highest BCUT2D eigenvalue weighted by molar-refractivity contribution is 5.90. The molecule has 2 amide bonds. The number of anilines is 2. The van der Waals surface area contributed by atoms with Gasteiger partial charge in [-0.3, -0.25) is 0 Å². The number of imidazole rings is 1. The van der Waals surface area contributed by atoms with Crippen molar-refractivity contribution in [3.8, 4) is 17.0 Å². The first-order valence-corrected chi connectivity index (χ1v) is 12.4. The minimum Gasteiger partial charge on any atom is -0.497 e. The summed E-state index contributed by atoms with van der Waals surface area (Å²) >= 11 is 0. The molecule has 7 heteroatoms. The van der Waals surface area contributed by atoms with Crippen LogP contribution in [0.5, 0.6) is 5.75 Å². The van der Waals surface area contributed by atoms with Crippen molar-refractivity contribution < 1.29 is 9.53 Å². The maximum absolute atomic E-state index is 13.2. The van der Waals surface area contributed by atoms with E-state index in [0.29, 0.717) is 6.54 Å². The first-order valence-electron chi connectivity index (χ1n) is 12.4. The molecule has 0 radical (unpaired) electrons. The molecular formula is C29H33N5O2. The average Bonchev–Trinajstić information content (AvgIpc) is 3.28. The lowest BCUT2D eigenvalue weighted by Gasteiger charge is -2.32. The van der Waals surface area contributed by atoms with Crippen LogP contribution in [0.3, 0.4) is 0 Å². The van der Waals surface area contributed by atoms with Gasteiger partial charge in [0.1, 0.15) is 11.6 Å². The van der Waals surface area contributed by atoms with E-state index in [0.717, 1.165) is 64.7 Å². The van der Waals surface area contributed by atoms with Crippen LogP contribution in [0.2, 0.25) is 0 Å². The molecule has 1 aliphatic rings. The molecule has 0 unspecified atom stereocenters. The van der Waals surface area contributed by atoms with Crippen LogP contribution in [0, 0.1) is 6.92 Å². The number of carbonyl (C=O) groups excluding carboxylic acids is 1. The number of ether oxygens (including phenoxy) is 1. The Hall–Kier alpha value is -4.00. The molecule has 0 saturated carbocycles. The third-order valence-electron chi connectivity index (χ3n) is 6.92. The highest BCUT2D eigenvalue weighted by Crippen LogP contribution is 2.33. The monoisotopic (exact) mass is 483 g/mol. The lowest BCUT2D eigenvalue weighted by atomic mass is 9.97. The van der Waals surface area contributed by atoms with Crippen LogP contribution in [0.1, 0.15) is 30.1 Å². The van der Waals surface area contributed by atoms with Gasteiger partial charge < -0.3 is 24.3 Å². The zero-order valence-corrected chi connectivity index (χ0v) is 21.4. The summed E-state index contributed by atoms with van der Waals surface area (Å²) in [5.41, 5.74) is 6.09. The van der Waals surface area contributed by atoms with Crippen LogP contribution in [-0.2, 0) is 0 Å². The predicted octanol–water partition coefficient (Wildman–Crippen LogP) is 5.80. The van der Waals surface area contributed by atoms with Gasteiger partial charge in [-0.2, -0.15) is 0 Å². The topological polar surface area (TPSA) is 62.1 Å². The van der Waals surface area contributed by atoms with Gasteiger partial charge in [0.05, 0.1) is 18.3 Å². The molecule has 4 aromatic rings. The number of pyridine rings is 1. The van der Waals surface area contributed by atoms with E-state index in [4.69, 9.17) is 9.72 Å². The lowest BCUT2D eigenvalue weighted by Crippen LogP contribution is -2.42. The lowest BCUT2D eigenvalue weighted by molar-refractivity contribution is 0.191. The van der Waals surface area contributed by atoms with E-state index in [-0.39, 0.29) is 11.9 Å². The number of amides is 2. The summed E-state index contributed by atoms with van der Waals surface area (Å²) in [6.07, 6.45) is 3.99. The molecule has 2 aromatic carbocycles. The number of nitrogens with one attached hydrogen (secondary N) is 1. The minimum absolute atomic E-state index is 0.0643. The molecule has 0 spiro atoms. The summed E-state index contributed by atoms with van der Waals surface area (Å²) in [5, 5.41) is 3.10. The molecule has 3 heterocycles. The number of nitrogens with zero attached hydrogens (tertiary/aromatic N) is 4. The number of rotatable bonds is 5. The van der Waals surface area contributed by atoms with E-state index >= 15 is 0 Å². The number of urea groups is 1. The van der Waals surface area contributed by atoms with Crippen LogP contribution in [0.15, 0.2) is 66.9 Å². The van der Waals surface area contributed by atoms with Gasteiger partial charge in [0.2, 0.25) is 0 Å². The van der Waals surface area contributed by atoms with Crippen LogP contribution in [0.25, 0.3) is 16.8 Å². The summed E-state index contributed by atoms with van der Waals surface area (Å²) < 4.78 is 7.61. The number of aromatic nitrogens is 2. The van der Waals surface area contributed by atoms with Gasteiger partial charge in [-0.15, -0.1) is 0 Å². The van der Waals surface area contributed by atoms with Crippen LogP contribution in [-0.4, -0.2) is 54.6 Å². The molecular weight excluding hydrogens is 450 g/mol. The Bertz CT molecular complexity index is 1390. The number of methoxy groups -OCH3 is 1. The molecule has 1 aliphatic heterocycles. The maximum atomic E-state index is 13.2. The summed E-state index contributed by atoms with van der Waals surface area (Å²) in [6.45, 7) is 3.43. The Labute approximate surface area is 212 Å². The van der Waals surface area contributed by atoms with Crippen LogP contribution < -0.4 is 15.0 Å². The number of carbonyl (C=O) groups is 1. The Kier molecular flexibility index (Phi) is 6.55. The third-order valence-corrected chi connectivity index (χ3v) is 6.92. The van der Waals surface area contributed by atoms with Gasteiger partial charge in [-0.1, -0.05) is 18.2 Å². The predicted molar refractivity (Wildman–Crippen MR) is 145 cm³/mol. The number of hydrogen-bond donors (Lipinski definition) is 1. The highest BCUT2D eigenvalue weighted by Gasteiger charge is 2.29. The zero-order chi connectivity index (χ0) is 25.2. The second-order valence-corrected chi connectivity index (χ2v) is 9.62. The van der Waals surface area contributed by atoms with Crippen molar-refractivity contribution >= 4 is 22.9 Å². The quantitative estimate of drug-likeness (QED) is 0.390. The van der Waals surface area contributed by atoms with Gasteiger partial charge in [0.25, 0.3) is 0 Å². The molecule has 1 saturated heterocycles. The van der Waals surface area contributed by atoms with Gasteiger partial charge >= 0.3 is 6.03 Å². The molecule has 36 heavy (non-hydrogen) atoms. The van der Waals surface area contributed by atoms with E-state index in [1.165, 1.54) is 0 Å². The van der Waals surface area contributed by atoms with Crippen molar-refractivity contribution in [3.63, 3.8) is 0 Å². The highest BCUT2D eigenvalue weighted by atomic mass is 16.5. The maximum Gasteiger partial charge on any atom is 0.321 e. The molecule has 7 nitrogen and oxygen atoms in total. The Morgan fingerprint density at radius 1 is 1.11 bits per heavy atom. The van der Waals surface area contributed by atoms with E-state index < -0.39 is 0 Å². The fraction of sp³-hybridized carbons (Fsp3) is 0.310. The van der Waals surface area contributed by atoms with Gasteiger partial charge in [0.15, 0.2) is 0 Å². The van der Waals surface area contributed by atoms with Crippen molar-refractivity contribution in [1.29, 1.82) is 0 Å². The fourth-order valence-corrected chi connectivity index (χ4v) is 5.14. The second-order valence-electron chi connectivity index (χ2n) is 9.62. The molecule has 1 fully saturated rings. The number of benzene rings is 2. The number of hydrogen-bond acceptors (Lipinski definition) is 4. The first kappa shape index (κ1) is 23.7. The Balaban J connectivity index is 1.39. The molecule has 0 aliphatic carbocycles. The molecule has 5 rings (SSSR count). The Morgan fingerprint density at radius 2 is 1.97 bits per heavy atom. The van der Waals surface area contributed by atoms with Crippen LogP contribution in [0.4, 0.5) is 16.2 Å². The van der Waals surface area contributed by atoms with Crippen molar-refractivity contribution in [1.82, 2.24) is 14.3 Å². The molecule has 1 atom stereocenters. The summed E-state index contributed by atoms with van der Waals surface area (Å²) in [6, 6.07) is 20.1. The summed E-state index contributed by atoms with van der Waals surface area (Å²) in [4.78, 5) is 22.3. The minimum atomic E-state index is -0.0643. The van der Waals surface area contributed by atoms with Gasteiger partial charge in [-0.05, 0) is 67.8 Å². The van der Waals surface area contributed by atoms with Crippen molar-refractivity contribution in [2.45, 2.75) is 25.7 Å². The summed E-state index contributed by atoms with van der Waals surface area (Å²) in [5.74, 6) is 1.95. The number of likely N-dealkylation sites (tertiary alicyclic amines) is 1. The van der Waals surface area contributed by atoms with Crippen molar-refractivity contribution in [2.75, 3.05) is 44.5 Å². The van der Waals surface area contributed by atoms with E-state index in [1.54, 1.807) is 7.11 Å². The van der Waals surface area contributed by atoms with E-state index in [1.807, 2.05) is 67.5 Å². The van der Waals surface area contributed by atoms with Crippen molar-refractivity contribution in [2.24, 2.45) is 0 Å². The number of fused-ring (bicyclic) bond motifs is 1. The van der Waals surface area contributed by atoms with Crippen LogP contribution >= 0.6 is 0 Å². The molecule has 2 aromatic heterocycles. The second kappa shape index (κ2) is 9.93. The zero-order valence-electron chi connectivity index (χ0n) is 21.4. The number of piperidine rings is 1. The first-order chi connectivity index (χ1) is 17.4. The number of aryl methyl sites for hydroxylation is 1. The summed E-state index contributed by atoms with van der Waals surface area (Å²) in [7, 11) is 5.72. The fourth-order valence-electron chi connectivity index (χ4n) is 5.14. The van der Waals surface area contributed by atoms with E-state index in [9.17, 15) is 4.79 Å². The molecule has 1 N–H and O–H groups in total. The van der Waals surface area contributed by atoms with Gasteiger partial charge in [0, 0.05) is 56.2 Å². The molecule has 0 bridgehead atoms. The SMILES string of the molecule is COc1cccc(-c2nc([C@@H]3CCCN(C(=O)Nc4ccc(N(C)C)c(C)c4)C3)n3ccccc23)c1. The standard InChI is InChI=1S/C29H33N5O2/c1-20-17-23(13-14-25(20)32(2)3)30-29(35)33-15-8-10-22(19-33)28-31-27(26-12-5-6-16-34(26)28)21-9-7-11-24(18-21)36-4/h5-7,9,11-14,16-18,22H,8,10,15,19H2,1-4H3,(H,30,35)/t22-/m1/s1. The third kappa shape index (κ3) is 4.61. The normalized spacial score (nSPS) is 15.7.